The first-order chi connectivity index (χ1) is 21.8. The summed E-state index contributed by atoms with van der Waals surface area (Å²) in [6, 6.07) is 10.6. The lowest BCUT2D eigenvalue weighted by atomic mass is 10.1. The van der Waals surface area contributed by atoms with Crippen molar-refractivity contribution in [2.24, 2.45) is 0 Å². The first-order valence-corrected chi connectivity index (χ1v) is 15.0. The predicted molar refractivity (Wildman–Crippen MR) is 165 cm³/mol. The lowest BCUT2D eigenvalue weighted by Gasteiger charge is -2.35. The zero-order valence-corrected chi connectivity index (χ0v) is 26.6. The van der Waals surface area contributed by atoms with Gasteiger partial charge in [-0.1, -0.05) is 30.3 Å². The van der Waals surface area contributed by atoms with Crippen molar-refractivity contribution in [3.05, 3.63) is 64.2 Å². The maximum atomic E-state index is 13.7. The van der Waals surface area contributed by atoms with E-state index in [4.69, 9.17) is 14.3 Å². The van der Waals surface area contributed by atoms with Crippen molar-refractivity contribution in [1.29, 1.82) is 0 Å². The van der Waals surface area contributed by atoms with Crippen molar-refractivity contribution in [2.45, 2.75) is 59.1 Å². The van der Waals surface area contributed by atoms with Gasteiger partial charge in [-0.3, -0.25) is 24.3 Å². The number of rotatable bonds is 10. The number of nitrogens with zero attached hydrogens (tertiary/aromatic N) is 5. The smallest absolute Gasteiger partial charge is 0.460 e. The molecule has 15 heteroatoms. The van der Waals surface area contributed by atoms with Gasteiger partial charge in [0, 0.05) is 42.9 Å². The number of hydrogen-bond donors (Lipinski definition) is 2. The van der Waals surface area contributed by atoms with Crippen molar-refractivity contribution in [3.63, 3.8) is 0 Å². The molecular formula is C31H39N7O8. The molecule has 15 nitrogen and oxygen atoms in total. The van der Waals surface area contributed by atoms with Crippen molar-refractivity contribution in [1.82, 2.24) is 35.0 Å². The van der Waals surface area contributed by atoms with E-state index in [1.165, 1.54) is 26.8 Å². The molecule has 0 unspecified atom stereocenters. The first-order valence-electron chi connectivity index (χ1n) is 15.0. The van der Waals surface area contributed by atoms with Crippen LogP contribution in [0.4, 0.5) is 4.79 Å². The highest BCUT2D eigenvalue weighted by atomic mass is 16.8. The zero-order chi connectivity index (χ0) is 33.4. The zero-order valence-electron chi connectivity index (χ0n) is 26.6. The molecular weight excluding hydrogens is 598 g/mol. The second-order valence-electron chi connectivity index (χ2n) is 11.6. The van der Waals surface area contributed by atoms with E-state index < -0.39 is 35.6 Å². The van der Waals surface area contributed by atoms with E-state index in [-0.39, 0.29) is 68.5 Å². The Kier molecular flexibility index (Phi) is 10.9. The number of piperazine rings is 1. The van der Waals surface area contributed by atoms with E-state index in [1.807, 2.05) is 6.07 Å². The number of esters is 1. The van der Waals surface area contributed by atoms with Gasteiger partial charge in [0.15, 0.2) is 11.6 Å². The molecule has 2 aromatic heterocycles. The SMILES string of the molecule is CCOC(=O)ON1CCN(C(=O)[C@H](CCC(=O)OC(C)(C)C)NC(=O)c2cc(-n3[nH]c(C)cc3=O)nc(-c3ccccc3)n2)CC1. The van der Waals surface area contributed by atoms with Crippen LogP contribution in [0.5, 0.6) is 0 Å². The van der Waals surface area contributed by atoms with Gasteiger partial charge in [0.25, 0.3) is 11.5 Å². The van der Waals surface area contributed by atoms with Gasteiger partial charge in [-0.15, -0.1) is 5.06 Å². The Hall–Kier alpha value is -5.05. The molecule has 0 saturated carbocycles. The van der Waals surface area contributed by atoms with E-state index >= 15 is 0 Å². The molecule has 1 atom stereocenters. The molecule has 1 aromatic carbocycles. The minimum Gasteiger partial charge on any atom is -0.460 e. The van der Waals surface area contributed by atoms with E-state index in [0.717, 1.165) is 0 Å². The fraction of sp³-hybridized carbons (Fsp3) is 0.452. The monoisotopic (exact) mass is 637 g/mol. The maximum Gasteiger partial charge on any atom is 0.527 e. The van der Waals surface area contributed by atoms with Crippen LogP contribution in [0, 0.1) is 6.92 Å². The van der Waals surface area contributed by atoms with E-state index in [2.05, 4.69) is 20.4 Å². The molecule has 1 aliphatic rings. The second-order valence-corrected chi connectivity index (χ2v) is 11.6. The molecule has 1 saturated heterocycles. The van der Waals surface area contributed by atoms with Gasteiger partial charge in [0.1, 0.15) is 17.3 Å². The number of hydrogen-bond acceptors (Lipinski definition) is 11. The van der Waals surface area contributed by atoms with Crippen LogP contribution in [0.15, 0.2) is 47.3 Å². The Bertz CT molecular complexity index is 1600. The van der Waals surface area contributed by atoms with Crippen LogP contribution in [0.2, 0.25) is 0 Å². The van der Waals surface area contributed by atoms with Crippen LogP contribution in [0.25, 0.3) is 17.2 Å². The number of carbonyl (C=O) groups is 4. The number of aryl methyl sites for hydroxylation is 1. The van der Waals surface area contributed by atoms with Crippen LogP contribution in [0.1, 0.15) is 56.7 Å². The first kappa shape index (κ1) is 33.8. The van der Waals surface area contributed by atoms with E-state index in [9.17, 15) is 24.0 Å². The lowest BCUT2D eigenvalue weighted by molar-refractivity contribution is -0.158. The molecule has 3 aromatic rings. The average molecular weight is 638 g/mol. The van der Waals surface area contributed by atoms with Gasteiger partial charge in [0.2, 0.25) is 5.91 Å². The molecule has 246 valence electrons. The Balaban J connectivity index is 1.59. The van der Waals surface area contributed by atoms with E-state index in [1.54, 1.807) is 58.9 Å². The second kappa shape index (κ2) is 14.8. The summed E-state index contributed by atoms with van der Waals surface area (Å²) in [5, 5.41) is 7.05. The quantitative estimate of drug-likeness (QED) is 0.312. The summed E-state index contributed by atoms with van der Waals surface area (Å²) >= 11 is 0. The summed E-state index contributed by atoms with van der Waals surface area (Å²) in [7, 11) is 0. The number of hydroxylamine groups is 2. The predicted octanol–water partition coefficient (Wildman–Crippen LogP) is 2.38. The number of carbonyl (C=O) groups excluding carboxylic acids is 4. The summed E-state index contributed by atoms with van der Waals surface area (Å²) in [5.74, 6) is -1.34. The fourth-order valence-electron chi connectivity index (χ4n) is 4.68. The number of H-pyrrole nitrogens is 1. The Morgan fingerprint density at radius 1 is 1.02 bits per heavy atom. The minimum atomic E-state index is -1.12. The third-order valence-electron chi connectivity index (χ3n) is 6.73. The summed E-state index contributed by atoms with van der Waals surface area (Å²) in [5.41, 5.74) is 0.00423. The van der Waals surface area contributed by atoms with E-state index in [0.29, 0.717) is 11.3 Å². The van der Waals surface area contributed by atoms with Crippen LogP contribution in [-0.2, 0) is 23.9 Å². The minimum absolute atomic E-state index is 0.0439. The lowest BCUT2D eigenvalue weighted by Crippen LogP contribution is -2.55. The van der Waals surface area contributed by atoms with Crippen molar-refractivity contribution in [2.75, 3.05) is 32.8 Å². The maximum absolute atomic E-state index is 13.7. The molecule has 2 N–H and O–H groups in total. The number of benzene rings is 1. The largest absolute Gasteiger partial charge is 0.527 e. The van der Waals surface area contributed by atoms with Crippen molar-refractivity contribution in [3.8, 4) is 17.2 Å². The van der Waals surface area contributed by atoms with Gasteiger partial charge in [-0.2, -0.15) is 0 Å². The number of aromatic amines is 1. The highest BCUT2D eigenvalue weighted by Gasteiger charge is 2.32. The topological polar surface area (TPSA) is 178 Å². The molecule has 3 heterocycles. The highest BCUT2D eigenvalue weighted by molar-refractivity contribution is 5.97. The van der Waals surface area contributed by atoms with Gasteiger partial charge < -0.3 is 24.5 Å². The Labute approximate surface area is 265 Å². The summed E-state index contributed by atoms with van der Waals surface area (Å²) in [6.45, 7) is 9.59. The fourth-order valence-corrected chi connectivity index (χ4v) is 4.68. The summed E-state index contributed by atoms with van der Waals surface area (Å²) in [4.78, 5) is 80.0. The average Bonchev–Trinajstić information content (AvgIpc) is 3.36. The Morgan fingerprint density at radius 3 is 2.33 bits per heavy atom. The summed E-state index contributed by atoms with van der Waals surface area (Å²) < 4.78 is 11.4. The molecule has 0 aliphatic carbocycles. The molecule has 1 aliphatic heterocycles. The van der Waals surface area contributed by atoms with Crippen LogP contribution in [0.3, 0.4) is 0 Å². The highest BCUT2D eigenvalue weighted by Crippen LogP contribution is 2.18. The molecule has 0 radical (unpaired) electrons. The van der Waals surface area contributed by atoms with Gasteiger partial charge in [-0.05, 0) is 41.0 Å². The van der Waals surface area contributed by atoms with Crippen molar-refractivity contribution >= 4 is 23.9 Å². The van der Waals surface area contributed by atoms with Gasteiger partial charge in [0.05, 0.1) is 19.7 Å². The van der Waals surface area contributed by atoms with Crippen LogP contribution < -0.4 is 10.9 Å². The standard InChI is InChI=1S/C31H39N7O8/c1-6-44-30(43)46-37-16-14-36(15-17-37)29(42)22(12-13-26(40)45-31(3,4)5)33-28(41)23-19-24(38-25(39)18-20(2)35-38)34-27(32-23)21-10-8-7-9-11-21/h7-11,18-19,22,35H,6,12-17H2,1-5H3,(H,33,41)/t22-/m0/s1. The van der Waals surface area contributed by atoms with Crippen molar-refractivity contribution < 1.29 is 33.5 Å². The third kappa shape index (κ3) is 9.23. The normalized spacial score (nSPS) is 14.3. The number of nitrogens with one attached hydrogen (secondary N) is 2. The number of ether oxygens (including phenoxy) is 2. The molecule has 2 amide bonds. The van der Waals surface area contributed by atoms with Gasteiger partial charge in [-0.25, -0.2) is 19.4 Å². The Morgan fingerprint density at radius 2 is 1.72 bits per heavy atom. The van der Waals surface area contributed by atoms with Crippen LogP contribution in [-0.4, -0.2) is 98.1 Å². The third-order valence-corrected chi connectivity index (χ3v) is 6.73. The summed E-state index contributed by atoms with van der Waals surface area (Å²) in [6.07, 6.45) is -1.01. The number of aromatic nitrogens is 4. The number of amides is 2. The molecule has 1 fully saturated rings. The molecule has 46 heavy (non-hydrogen) atoms. The molecule has 0 spiro atoms. The van der Waals surface area contributed by atoms with Crippen LogP contribution >= 0.6 is 0 Å². The van der Waals surface area contributed by atoms with Gasteiger partial charge >= 0.3 is 12.1 Å². The molecule has 0 bridgehead atoms. The molecule has 4 rings (SSSR count).